The van der Waals surface area contributed by atoms with Crippen LogP contribution in [-0.2, 0) is 6.18 Å². The first kappa shape index (κ1) is 13.4. The number of alkyl halides is 3. The first-order valence-electron chi connectivity index (χ1n) is 3.99. The van der Waals surface area contributed by atoms with Crippen LogP contribution in [0.2, 0.25) is 0 Å². The van der Waals surface area contributed by atoms with E-state index in [1.165, 1.54) is 0 Å². The molecule has 2 N–H and O–H groups in total. The molecule has 0 aliphatic carbocycles. The summed E-state index contributed by atoms with van der Waals surface area (Å²) in [5, 5.41) is 10.5. The number of carbonyl (C=O) groups excluding carboxylic acids is 1. The minimum atomic E-state index is -4.89. The van der Waals surface area contributed by atoms with Crippen molar-refractivity contribution in [1.29, 1.82) is 0 Å². The van der Waals surface area contributed by atoms with Crippen molar-refractivity contribution in [2.75, 3.05) is 0 Å². The van der Waals surface area contributed by atoms with Crippen LogP contribution in [0, 0.1) is 10.1 Å². The Morgan fingerprint density at radius 2 is 1.94 bits per heavy atom. The highest BCUT2D eigenvalue weighted by Crippen LogP contribution is 2.38. The van der Waals surface area contributed by atoms with Crippen LogP contribution in [0.1, 0.15) is 15.9 Å². The molecule has 0 heterocycles. The number of halogens is 4. The molecule has 9 heteroatoms. The maximum Gasteiger partial charge on any atom is 0.423 e. The molecule has 1 aromatic carbocycles. The van der Waals surface area contributed by atoms with Gasteiger partial charge in [0.25, 0.3) is 5.69 Å². The number of amides is 1. The molecule has 1 aromatic rings. The average Bonchev–Trinajstić information content (AvgIpc) is 2.14. The van der Waals surface area contributed by atoms with Crippen LogP contribution in [0.5, 0.6) is 0 Å². The van der Waals surface area contributed by atoms with E-state index >= 15 is 0 Å². The highest BCUT2D eigenvalue weighted by Gasteiger charge is 2.39. The molecule has 0 unspecified atom stereocenters. The number of rotatable bonds is 2. The Bertz CT molecular complexity index is 502. The summed E-state index contributed by atoms with van der Waals surface area (Å²) in [5.74, 6) is -1.06. The van der Waals surface area contributed by atoms with E-state index in [0.717, 1.165) is 0 Å². The van der Waals surface area contributed by atoms with Crippen molar-refractivity contribution in [3.05, 3.63) is 37.8 Å². The number of nitro groups is 1. The number of benzene rings is 1. The van der Waals surface area contributed by atoms with Crippen molar-refractivity contribution in [3.63, 3.8) is 0 Å². The highest BCUT2D eigenvalue weighted by molar-refractivity contribution is 9.10. The van der Waals surface area contributed by atoms with Crippen LogP contribution in [0.25, 0.3) is 0 Å². The van der Waals surface area contributed by atoms with Gasteiger partial charge >= 0.3 is 6.18 Å². The summed E-state index contributed by atoms with van der Waals surface area (Å²) in [4.78, 5) is 20.1. The second-order valence-corrected chi connectivity index (χ2v) is 3.82. The molecule has 92 valence electrons. The normalized spacial score (nSPS) is 11.3. The standard InChI is InChI=1S/C8H4BrF3N2O3/c9-5-2-4(8(10,11)12)6(14(16)17)1-3(5)7(13)15/h1-2H,(H2,13,15). The van der Waals surface area contributed by atoms with Crippen LogP contribution in [0.3, 0.4) is 0 Å². The molecule has 5 nitrogen and oxygen atoms in total. The minimum Gasteiger partial charge on any atom is -0.366 e. The second kappa shape index (κ2) is 4.32. The Kier molecular flexibility index (Phi) is 3.41. The summed E-state index contributed by atoms with van der Waals surface area (Å²) in [7, 11) is 0. The fraction of sp³-hybridized carbons (Fsp3) is 0.125. The Labute approximate surface area is 101 Å². The number of nitrogens with zero attached hydrogens (tertiary/aromatic N) is 1. The highest BCUT2D eigenvalue weighted by atomic mass is 79.9. The van der Waals surface area contributed by atoms with E-state index in [1.54, 1.807) is 0 Å². The number of primary amides is 1. The number of carbonyl (C=O) groups is 1. The Morgan fingerprint density at radius 3 is 2.29 bits per heavy atom. The van der Waals surface area contributed by atoms with Crippen molar-refractivity contribution >= 4 is 27.5 Å². The predicted octanol–water partition coefficient (Wildman–Crippen LogP) is 2.48. The topological polar surface area (TPSA) is 86.2 Å². The van der Waals surface area contributed by atoms with Gasteiger partial charge in [0.15, 0.2) is 0 Å². The number of nitrogens with two attached hydrogens (primary N) is 1. The van der Waals surface area contributed by atoms with Gasteiger partial charge in [-0.3, -0.25) is 14.9 Å². The smallest absolute Gasteiger partial charge is 0.366 e. The van der Waals surface area contributed by atoms with Crippen molar-refractivity contribution in [2.24, 2.45) is 5.73 Å². The quantitative estimate of drug-likeness (QED) is 0.672. The third-order valence-electron chi connectivity index (χ3n) is 1.85. The Hall–Kier alpha value is -1.64. The molecule has 0 fully saturated rings. The predicted molar refractivity (Wildman–Crippen MR) is 54.3 cm³/mol. The van der Waals surface area contributed by atoms with Crippen LogP contribution < -0.4 is 5.73 Å². The fourth-order valence-corrected chi connectivity index (χ4v) is 1.67. The Balaban J connectivity index is 3.58. The molecule has 0 bridgehead atoms. The average molecular weight is 313 g/mol. The van der Waals surface area contributed by atoms with Crippen LogP contribution in [0.15, 0.2) is 16.6 Å². The number of hydrogen-bond donors (Lipinski definition) is 1. The zero-order chi connectivity index (χ0) is 13.4. The summed E-state index contributed by atoms with van der Waals surface area (Å²) in [6.07, 6.45) is -4.89. The van der Waals surface area contributed by atoms with E-state index in [1.807, 2.05) is 0 Å². The third kappa shape index (κ3) is 2.73. The largest absolute Gasteiger partial charge is 0.423 e. The van der Waals surface area contributed by atoms with E-state index in [0.29, 0.717) is 12.1 Å². The summed E-state index contributed by atoms with van der Waals surface area (Å²) >= 11 is 2.70. The molecule has 0 saturated carbocycles. The molecule has 0 atom stereocenters. The van der Waals surface area contributed by atoms with E-state index in [-0.39, 0.29) is 10.0 Å². The zero-order valence-electron chi connectivity index (χ0n) is 7.92. The van der Waals surface area contributed by atoms with Gasteiger partial charge in [0.05, 0.1) is 10.5 Å². The molecule has 0 aliphatic heterocycles. The molecule has 0 spiro atoms. The van der Waals surface area contributed by atoms with Gasteiger partial charge in [-0.2, -0.15) is 13.2 Å². The van der Waals surface area contributed by atoms with Crippen molar-refractivity contribution < 1.29 is 22.9 Å². The number of nitro benzene ring substituents is 1. The van der Waals surface area contributed by atoms with Crippen LogP contribution in [-0.4, -0.2) is 10.8 Å². The molecule has 0 saturated heterocycles. The lowest BCUT2D eigenvalue weighted by Crippen LogP contribution is -2.15. The fourth-order valence-electron chi connectivity index (χ4n) is 1.13. The minimum absolute atomic E-state index is 0.247. The van der Waals surface area contributed by atoms with Gasteiger partial charge in [0, 0.05) is 10.5 Å². The molecule has 0 aromatic heterocycles. The molecule has 0 radical (unpaired) electrons. The van der Waals surface area contributed by atoms with Gasteiger partial charge in [0.1, 0.15) is 5.56 Å². The molecule has 17 heavy (non-hydrogen) atoms. The van der Waals surface area contributed by atoms with Gasteiger partial charge in [0.2, 0.25) is 5.91 Å². The van der Waals surface area contributed by atoms with Gasteiger partial charge < -0.3 is 5.73 Å². The maximum absolute atomic E-state index is 12.5. The van der Waals surface area contributed by atoms with Crippen molar-refractivity contribution in [2.45, 2.75) is 6.18 Å². The zero-order valence-corrected chi connectivity index (χ0v) is 9.50. The monoisotopic (exact) mass is 312 g/mol. The Morgan fingerprint density at radius 1 is 1.41 bits per heavy atom. The molecule has 1 rings (SSSR count). The maximum atomic E-state index is 12.5. The van der Waals surface area contributed by atoms with E-state index in [9.17, 15) is 28.1 Å². The first-order chi connectivity index (χ1) is 7.64. The van der Waals surface area contributed by atoms with Crippen molar-refractivity contribution in [1.82, 2.24) is 0 Å². The van der Waals surface area contributed by atoms with Gasteiger partial charge in [-0.1, -0.05) is 0 Å². The van der Waals surface area contributed by atoms with E-state index < -0.39 is 28.3 Å². The molecule has 0 aliphatic rings. The van der Waals surface area contributed by atoms with Gasteiger partial charge in [-0.25, -0.2) is 0 Å². The summed E-state index contributed by atoms with van der Waals surface area (Å²) in [6.45, 7) is 0. The van der Waals surface area contributed by atoms with Gasteiger partial charge in [-0.15, -0.1) is 0 Å². The summed E-state index contributed by atoms with van der Waals surface area (Å²) < 4.78 is 37.2. The van der Waals surface area contributed by atoms with Crippen LogP contribution in [0.4, 0.5) is 18.9 Å². The molecular formula is C8H4BrF3N2O3. The SMILES string of the molecule is NC(=O)c1cc([N+](=O)[O-])c(C(F)(F)F)cc1Br. The summed E-state index contributed by atoms with van der Waals surface area (Å²) in [5.41, 5.74) is 1.83. The van der Waals surface area contributed by atoms with Crippen molar-refractivity contribution in [3.8, 4) is 0 Å². The lowest BCUT2D eigenvalue weighted by atomic mass is 10.1. The second-order valence-electron chi connectivity index (χ2n) is 2.97. The van der Waals surface area contributed by atoms with Gasteiger partial charge in [-0.05, 0) is 22.0 Å². The number of hydrogen-bond acceptors (Lipinski definition) is 3. The lowest BCUT2D eigenvalue weighted by molar-refractivity contribution is -0.388. The third-order valence-corrected chi connectivity index (χ3v) is 2.51. The van der Waals surface area contributed by atoms with E-state index in [4.69, 9.17) is 5.73 Å². The summed E-state index contributed by atoms with van der Waals surface area (Å²) in [6, 6.07) is 0.952. The molecule has 1 amide bonds. The lowest BCUT2D eigenvalue weighted by Gasteiger charge is -2.09. The van der Waals surface area contributed by atoms with Crippen LogP contribution >= 0.6 is 15.9 Å². The van der Waals surface area contributed by atoms with E-state index in [2.05, 4.69) is 15.9 Å². The first-order valence-corrected chi connectivity index (χ1v) is 4.79. The molecular weight excluding hydrogens is 309 g/mol.